The summed E-state index contributed by atoms with van der Waals surface area (Å²) in [6.45, 7) is 0.193. The van der Waals surface area contributed by atoms with Crippen molar-refractivity contribution >= 4 is 6.09 Å². The smallest absolute Gasteiger partial charge is 0.407 e. The van der Waals surface area contributed by atoms with Gasteiger partial charge in [-0.2, -0.15) is 0 Å². The van der Waals surface area contributed by atoms with Crippen LogP contribution in [0.4, 0.5) is 9.18 Å². The SMILES string of the molecule is COc1c(F)cccc1C1COC(=O)N1. The molecule has 15 heavy (non-hydrogen) atoms. The molecule has 1 saturated heterocycles. The van der Waals surface area contributed by atoms with Crippen molar-refractivity contribution in [2.24, 2.45) is 0 Å². The highest BCUT2D eigenvalue weighted by Gasteiger charge is 2.27. The molecule has 5 heteroatoms. The fraction of sp³-hybridized carbons (Fsp3) is 0.300. The number of nitrogens with one attached hydrogen (secondary N) is 1. The molecule has 80 valence electrons. The van der Waals surface area contributed by atoms with Crippen LogP contribution >= 0.6 is 0 Å². The normalized spacial score (nSPS) is 19.6. The summed E-state index contributed by atoms with van der Waals surface area (Å²) in [5, 5.41) is 2.56. The molecule has 1 aromatic carbocycles. The van der Waals surface area contributed by atoms with Gasteiger partial charge >= 0.3 is 6.09 Å². The molecule has 1 heterocycles. The fourth-order valence-corrected chi connectivity index (χ4v) is 1.57. The second kappa shape index (κ2) is 3.76. The number of cyclic esters (lactones) is 1. The van der Waals surface area contributed by atoms with Gasteiger partial charge in [-0.25, -0.2) is 9.18 Å². The molecule has 1 N–H and O–H groups in total. The van der Waals surface area contributed by atoms with Gasteiger partial charge < -0.3 is 14.8 Å². The average Bonchev–Trinajstić information content (AvgIpc) is 2.64. The van der Waals surface area contributed by atoms with Gasteiger partial charge in [0.2, 0.25) is 0 Å². The maximum atomic E-state index is 13.3. The van der Waals surface area contributed by atoms with Crippen LogP contribution in [0.25, 0.3) is 0 Å². The van der Waals surface area contributed by atoms with Crippen LogP contribution in [0, 0.1) is 5.82 Å². The number of carbonyl (C=O) groups excluding carboxylic acids is 1. The van der Waals surface area contributed by atoms with Gasteiger partial charge in [0.1, 0.15) is 6.61 Å². The number of methoxy groups -OCH3 is 1. The molecule has 1 amide bonds. The molecule has 1 aliphatic rings. The Kier molecular flexibility index (Phi) is 2.45. The van der Waals surface area contributed by atoms with Crippen LogP contribution in [-0.4, -0.2) is 19.8 Å². The zero-order valence-corrected chi connectivity index (χ0v) is 8.12. The van der Waals surface area contributed by atoms with Gasteiger partial charge in [-0.3, -0.25) is 0 Å². The van der Waals surface area contributed by atoms with Gasteiger partial charge in [-0.1, -0.05) is 12.1 Å². The number of hydrogen-bond acceptors (Lipinski definition) is 3. The molecule has 0 aromatic heterocycles. The second-order valence-corrected chi connectivity index (χ2v) is 3.16. The molecule has 1 aliphatic heterocycles. The molecule has 0 bridgehead atoms. The number of amides is 1. The molecule has 0 radical (unpaired) electrons. The van der Waals surface area contributed by atoms with E-state index in [1.54, 1.807) is 12.1 Å². The Morgan fingerprint density at radius 3 is 3.00 bits per heavy atom. The lowest BCUT2D eigenvalue weighted by molar-refractivity contribution is 0.176. The lowest BCUT2D eigenvalue weighted by Crippen LogP contribution is -2.19. The van der Waals surface area contributed by atoms with Gasteiger partial charge in [-0.15, -0.1) is 0 Å². The summed E-state index contributed by atoms with van der Waals surface area (Å²) in [5.74, 6) is -0.301. The van der Waals surface area contributed by atoms with E-state index in [0.717, 1.165) is 0 Å². The van der Waals surface area contributed by atoms with Crippen LogP contribution in [0.1, 0.15) is 11.6 Å². The summed E-state index contributed by atoms with van der Waals surface area (Å²) in [6, 6.07) is 4.22. The van der Waals surface area contributed by atoms with E-state index < -0.39 is 11.9 Å². The van der Waals surface area contributed by atoms with Crippen molar-refractivity contribution in [1.29, 1.82) is 0 Å². The molecule has 1 aromatic rings. The van der Waals surface area contributed by atoms with Crippen LogP contribution in [0.2, 0.25) is 0 Å². The van der Waals surface area contributed by atoms with Crippen molar-refractivity contribution < 1.29 is 18.7 Å². The number of carbonyl (C=O) groups is 1. The van der Waals surface area contributed by atoms with Crippen molar-refractivity contribution in [3.05, 3.63) is 29.6 Å². The van der Waals surface area contributed by atoms with E-state index >= 15 is 0 Å². The van der Waals surface area contributed by atoms with Gasteiger partial charge in [-0.05, 0) is 6.07 Å². The topological polar surface area (TPSA) is 47.6 Å². The molecular formula is C10H10FNO3. The number of halogens is 1. The number of ether oxygens (including phenoxy) is 2. The monoisotopic (exact) mass is 211 g/mol. The summed E-state index contributed by atoms with van der Waals surface area (Å²) >= 11 is 0. The first-order valence-corrected chi connectivity index (χ1v) is 4.48. The highest BCUT2D eigenvalue weighted by atomic mass is 19.1. The highest BCUT2D eigenvalue weighted by Crippen LogP contribution is 2.29. The van der Waals surface area contributed by atoms with Gasteiger partial charge in [0.25, 0.3) is 0 Å². The van der Waals surface area contributed by atoms with E-state index in [1.807, 2.05) is 0 Å². The van der Waals surface area contributed by atoms with Crippen LogP contribution in [0.15, 0.2) is 18.2 Å². The molecule has 2 rings (SSSR count). The molecule has 1 unspecified atom stereocenters. The first-order valence-electron chi connectivity index (χ1n) is 4.48. The Morgan fingerprint density at radius 1 is 1.60 bits per heavy atom. The molecule has 4 nitrogen and oxygen atoms in total. The zero-order chi connectivity index (χ0) is 10.8. The van der Waals surface area contributed by atoms with Crippen molar-refractivity contribution in [1.82, 2.24) is 5.32 Å². The molecule has 1 atom stereocenters. The van der Waals surface area contributed by atoms with Gasteiger partial charge in [0.15, 0.2) is 11.6 Å². The van der Waals surface area contributed by atoms with Crippen LogP contribution < -0.4 is 10.1 Å². The fourth-order valence-electron chi connectivity index (χ4n) is 1.57. The number of alkyl carbamates (subject to hydrolysis) is 1. The standard InChI is InChI=1S/C10H10FNO3/c1-14-9-6(3-2-4-7(9)11)8-5-15-10(13)12-8/h2-4,8H,5H2,1H3,(H,12,13). The average molecular weight is 211 g/mol. The van der Waals surface area contributed by atoms with E-state index in [4.69, 9.17) is 9.47 Å². The summed E-state index contributed by atoms with van der Waals surface area (Å²) in [7, 11) is 1.39. The largest absolute Gasteiger partial charge is 0.493 e. The van der Waals surface area contributed by atoms with Crippen molar-refractivity contribution in [3.63, 3.8) is 0 Å². The highest BCUT2D eigenvalue weighted by molar-refractivity contribution is 5.70. The molecule has 0 saturated carbocycles. The minimum absolute atomic E-state index is 0.147. The van der Waals surface area contributed by atoms with Crippen molar-refractivity contribution in [2.45, 2.75) is 6.04 Å². The minimum Gasteiger partial charge on any atom is -0.493 e. The van der Waals surface area contributed by atoms with Crippen LogP contribution in [-0.2, 0) is 4.74 Å². The van der Waals surface area contributed by atoms with Crippen LogP contribution in [0.5, 0.6) is 5.75 Å². The first-order chi connectivity index (χ1) is 7.22. The molecule has 1 fully saturated rings. The Bertz CT molecular complexity index is 394. The number of hydrogen-bond donors (Lipinski definition) is 1. The van der Waals surface area contributed by atoms with Crippen LogP contribution in [0.3, 0.4) is 0 Å². The third-order valence-corrected chi connectivity index (χ3v) is 2.25. The summed E-state index contributed by atoms with van der Waals surface area (Å²) < 4.78 is 23.0. The Balaban J connectivity index is 2.35. The van der Waals surface area contributed by atoms with E-state index in [-0.39, 0.29) is 18.4 Å². The predicted molar refractivity (Wildman–Crippen MR) is 50.2 cm³/mol. The third kappa shape index (κ3) is 1.72. The number of para-hydroxylation sites is 1. The lowest BCUT2D eigenvalue weighted by atomic mass is 10.1. The molecule has 0 aliphatic carbocycles. The quantitative estimate of drug-likeness (QED) is 0.808. The Hall–Kier alpha value is -1.78. The Labute approximate surface area is 86.0 Å². The summed E-state index contributed by atoms with van der Waals surface area (Å²) in [6.07, 6.45) is -0.494. The second-order valence-electron chi connectivity index (χ2n) is 3.16. The van der Waals surface area contributed by atoms with Gasteiger partial charge in [0, 0.05) is 5.56 Å². The number of rotatable bonds is 2. The van der Waals surface area contributed by atoms with E-state index in [9.17, 15) is 9.18 Å². The van der Waals surface area contributed by atoms with E-state index in [2.05, 4.69) is 5.32 Å². The Morgan fingerprint density at radius 2 is 2.40 bits per heavy atom. The van der Waals surface area contributed by atoms with Crippen molar-refractivity contribution in [2.75, 3.05) is 13.7 Å². The maximum Gasteiger partial charge on any atom is 0.407 e. The van der Waals surface area contributed by atoms with E-state index in [0.29, 0.717) is 5.56 Å². The first kappa shape index (κ1) is 9.76. The van der Waals surface area contributed by atoms with Gasteiger partial charge in [0.05, 0.1) is 13.2 Å². The summed E-state index contributed by atoms with van der Waals surface area (Å²) in [5.41, 5.74) is 0.586. The predicted octanol–water partition coefficient (Wildman–Crippen LogP) is 1.62. The molecular weight excluding hydrogens is 201 g/mol. The van der Waals surface area contributed by atoms with Crippen molar-refractivity contribution in [3.8, 4) is 5.75 Å². The molecule has 0 spiro atoms. The number of benzene rings is 1. The summed E-state index contributed by atoms with van der Waals surface area (Å²) in [4.78, 5) is 10.8. The lowest BCUT2D eigenvalue weighted by Gasteiger charge is -2.12. The third-order valence-electron chi connectivity index (χ3n) is 2.25. The minimum atomic E-state index is -0.494. The zero-order valence-electron chi connectivity index (χ0n) is 8.12. The maximum absolute atomic E-state index is 13.3. The van der Waals surface area contributed by atoms with E-state index in [1.165, 1.54) is 13.2 Å².